The molecule has 0 aromatic carbocycles. The first kappa shape index (κ1) is 11.6. The van der Waals surface area contributed by atoms with Crippen molar-refractivity contribution in [2.24, 2.45) is 5.73 Å². The van der Waals surface area contributed by atoms with Crippen molar-refractivity contribution in [2.75, 3.05) is 6.61 Å². The number of ether oxygens (including phenoxy) is 1. The van der Waals surface area contributed by atoms with Gasteiger partial charge in [0.05, 0.1) is 19.2 Å². The van der Waals surface area contributed by atoms with Crippen molar-refractivity contribution in [1.82, 2.24) is 5.32 Å². The van der Waals surface area contributed by atoms with E-state index in [1.165, 1.54) is 0 Å². The molecule has 2 atom stereocenters. The Bertz CT molecular complexity index is 351. The highest BCUT2D eigenvalue weighted by atomic mass is 16.5. The molecule has 1 saturated heterocycles. The van der Waals surface area contributed by atoms with Crippen LogP contribution in [-0.2, 0) is 17.8 Å². The predicted octanol–water partition coefficient (Wildman–Crippen LogP) is 1.40. The molecule has 0 radical (unpaired) electrons. The van der Waals surface area contributed by atoms with Gasteiger partial charge in [0.1, 0.15) is 11.5 Å². The molecule has 1 aliphatic rings. The number of hydrogen-bond acceptors (Lipinski definition) is 4. The monoisotopic (exact) mass is 224 g/mol. The first-order chi connectivity index (χ1) is 7.64. The average Bonchev–Trinajstić information content (AvgIpc) is 2.85. The van der Waals surface area contributed by atoms with Gasteiger partial charge >= 0.3 is 0 Å². The number of nitrogens with two attached hydrogens (primary N) is 1. The van der Waals surface area contributed by atoms with Crippen LogP contribution >= 0.6 is 0 Å². The van der Waals surface area contributed by atoms with Crippen molar-refractivity contribution in [3.05, 3.63) is 23.7 Å². The first-order valence-corrected chi connectivity index (χ1v) is 5.78. The Morgan fingerprint density at radius 2 is 2.25 bits per heavy atom. The molecule has 0 spiro atoms. The standard InChI is InChI=1S/C12H20N2O2/c1-9-12(2,5-6-15-9)14-8-11-4-3-10(7-13)16-11/h3-4,9,14H,5-8,13H2,1-2H3. The molecule has 0 amide bonds. The minimum absolute atomic E-state index is 0.0513. The summed E-state index contributed by atoms with van der Waals surface area (Å²) < 4.78 is 11.1. The zero-order valence-electron chi connectivity index (χ0n) is 9.95. The van der Waals surface area contributed by atoms with Crippen LogP contribution in [0.1, 0.15) is 31.8 Å². The van der Waals surface area contributed by atoms with Gasteiger partial charge in [0, 0.05) is 12.1 Å². The topological polar surface area (TPSA) is 60.4 Å². The Labute approximate surface area is 96.1 Å². The zero-order valence-corrected chi connectivity index (χ0v) is 9.95. The fraction of sp³-hybridized carbons (Fsp3) is 0.667. The maximum Gasteiger partial charge on any atom is 0.118 e. The first-order valence-electron chi connectivity index (χ1n) is 5.78. The van der Waals surface area contributed by atoms with Gasteiger partial charge in [-0.1, -0.05) is 0 Å². The highest BCUT2D eigenvalue weighted by molar-refractivity contribution is 5.07. The summed E-state index contributed by atoms with van der Waals surface area (Å²) in [5, 5.41) is 3.50. The van der Waals surface area contributed by atoms with Crippen LogP contribution in [0.3, 0.4) is 0 Å². The summed E-state index contributed by atoms with van der Waals surface area (Å²) in [6, 6.07) is 3.90. The number of rotatable bonds is 4. The summed E-state index contributed by atoms with van der Waals surface area (Å²) in [5.41, 5.74) is 5.55. The Kier molecular flexibility index (Phi) is 3.33. The van der Waals surface area contributed by atoms with Gasteiger partial charge in [-0.25, -0.2) is 0 Å². The van der Waals surface area contributed by atoms with Crippen LogP contribution in [0.15, 0.2) is 16.5 Å². The highest BCUT2D eigenvalue weighted by Crippen LogP contribution is 2.25. The van der Waals surface area contributed by atoms with E-state index in [1.807, 2.05) is 12.1 Å². The average molecular weight is 224 g/mol. The highest BCUT2D eigenvalue weighted by Gasteiger charge is 2.36. The third kappa shape index (κ3) is 2.29. The van der Waals surface area contributed by atoms with E-state index in [0.717, 1.165) is 31.1 Å². The van der Waals surface area contributed by atoms with Crippen molar-refractivity contribution in [3.8, 4) is 0 Å². The molecule has 16 heavy (non-hydrogen) atoms. The van der Waals surface area contributed by atoms with Crippen molar-refractivity contribution >= 4 is 0 Å². The van der Waals surface area contributed by atoms with Gasteiger partial charge in [0.15, 0.2) is 0 Å². The second-order valence-corrected chi connectivity index (χ2v) is 4.61. The minimum atomic E-state index is 0.0513. The number of furan rings is 1. The van der Waals surface area contributed by atoms with Crippen LogP contribution in [-0.4, -0.2) is 18.2 Å². The van der Waals surface area contributed by atoms with E-state index >= 15 is 0 Å². The Morgan fingerprint density at radius 1 is 1.50 bits per heavy atom. The van der Waals surface area contributed by atoms with E-state index in [1.54, 1.807) is 0 Å². The van der Waals surface area contributed by atoms with Gasteiger partial charge in [-0.2, -0.15) is 0 Å². The maximum absolute atomic E-state index is 5.57. The van der Waals surface area contributed by atoms with Crippen molar-refractivity contribution < 1.29 is 9.15 Å². The molecule has 4 heteroatoms. The van der Waals surface area contributed by atoms with E-state index in [4.69, 9.17) is 14.9 Å². The Morgan fingerprint density at radius 3 is 2.81 bits per heavy atom. The fourth-order valence-corrected chi connectivity index (χ4v) is 1.98. The lowest BCUT2D eigenvalue weighted by Gasteiger charge is -2.28. The van der Waals surface area contributed by atoms with Gasteiger partial charge in [-0.05, 0) is 32.4 Å². The van der Waals surface area contributed by atoms with Gasteiger partial charge in [-0.3, -0.25) is 0 Å². The number of hydrogen-bond donors (Lipinski definition) is 2. The van der Waals surface area contributed by atoms with Crippen molar-refractivity contribution in [3.63, 3.8) is 0 Å². The van der Waals surface area contributed by atoms with Gasteiger partial charge < -0.3 is 20.2 Å². The van der Waals surface area contributed by atoms with Gasteiger partial charge in [0.25, 0.3) is 0 Å². The molecule has 4 nitrogen and oxygen atoms in total. The van der Waals surface area contributed by atoms with Crippen LogP contribution in [0.2, 0.25) is 0 Å². The predicted molar refractivity (Wildman–Crippen MR) is 61.9 cm³/mol. The van der Waals surface area contributed by atoms with E-state index in [-0.39, 0.29) is 11.6 Å². The molecule has 2 unspecified atom stereocenters. The smallest absolute Gasteiger partial charge is 0.118 e. The van der Waals surface area contributed by atoms with Crippen LogP contribution in [0, 0.1) is 0 Å². The Balaban J connectivity index is 1.91. The molecule has 1 aromatic heterocycles. The fourth-order valence-electron chi connectivity index (χ4n) is 1.98. The quantitative estimate of drug-likeness (QED) is 0.811. The molecule has 0 aliphatic carbocycles. The molecule has 2 rings (SSSR count). The van der Waals surface area contributed by atoms with E-state index in [0.29, 0.717) is 6.54 Å². The summed E-state index contributed by atoms with van der Waals surface area (Å²) in [5.74, 6) is 1.76. The maximum atomic E-state index is 5.57. The van der Waals surface area contributed by atoms with Crippen LogP contribution < -0.4 is 11.1 Å². The summed E-state index contributed by atoms with van der Waals surface area (Å²) in [7, 11) is 0. The molecule has 0 bridgehead atoms. The van der Waals surface area contributed by atoms with Crippen molar-refractivity contribution in [2.45, 2.75) is 45.0 Å². The lowest BCUT2D eigenvalue weighted by Crippen LogP contribution is -2.47. The summed E-state index contributed by atoms with van der Waals surface area (Å²) in [6.07, 6.45) is 1.29. The SMILES string of the molecule is CC1OCCC1(C)NCc1ccc(CN)o1. The second kappa shape index (κ2) is 4.57. The zero-order chi connectivity index (χ0) is 11.6. The summed E-state index contributed by atoms with van der Waals surface area (Å²) in [4.78, 5) is 0. The van der Waals surface area contributed by atoms with Crippen LogP contribution in [0.4, 0.5) is 0 Å². The molecule has 90 valence electrons. The molecule has 2 heterocycles. The van der Waals surface area contributed by atoms with E-state index < -0.39 is 0 Å². The van der Waals surface area contributed by atoms with Crippen LogP contribution in [0.25, 0.3) is 0 Å². The Hall–Kier alpha value is -0.840. The third-order valence-electron chi connectivity index (χ3n) is 3.47. The lowest BCUT2D eigenvalue weighted by molar-refractivity contribution is 0.0874. The molecule has 3 N–H and O–H groups in total. The van der Waals surface area contributed by atoms with Crippen molar-refractivity contribution in [1.29, 1.82) is 0 Å². The molecular formula is C12H20N2O2. The molecule has 0 saturated carbocycles. The minimum Gasteiger partial charge on any atom is -0.463 e. The van der Waals surface area contributed by atoms with Gasteiger partial charge in [-0.15, -0.1) is 0 Å². The molecular weight excluding hydrogens is 204 g/mol. The largest absolute Gasteiger partial charge is 0.463 e. The van der Waals surface area contributed by atoms with Gasteiger partial charge in [0.2, 0.25) is 0 Å². The summed E-state index contributed by atoms with van der Waals surface area (Å²) in [6.45, 7) is 6.31. The normalized spacial score (nSPS) is 29.8. The molecule has 1 aromatic rings. The number of nitrogens with one attached hydrogen (secondary N) is 1. The van der Waals surface area contributed by atoms with E-state index in [9.17, 15) is 0 Å². The second-order valence-electron chi connectivity index (χ2n) is 4.61. The third-order valence-corrected chi connectivity index (χ3v) is 3.47. The lowest BCUT2D eigenvalue weighted by atomic mass is 9.95. The molecule has 1 fully saturated rings. The molecule has 1 aliphatic heterocycles. The summed E-state index contributed by atoms with van der Waals surface area (Å²) >= 11 is 0. The van der Waals surface area contributed by atoms with Crippen LogP contribution in [0.5, 0.6) is 0 Å². The van der Waals surface area contributed by atoms with E-state index in [2.05, 4.69) is 19.2 Å².